The van der Waals surface area contributed by atoms with Gasteiger partial charge in [0.2, 0.25) is 5.88 Å². The van der Waals surface area contributed by atoms with Gasteiger partial charge in [0, 0.05) is 5.56 Å². The molecule has 3 heteroatoms. The first-order chi connectivity index (χ1) is 8.70. The maximum Gasteiger partial charge on any atom is 0.209 e. The molecule has 3 nitrogen and oxygen atoms in total. The van der Waals surface area contributed by atoms with Crippen molar-refractivity contribution in [2.24, 2.45) is 0 Å². The average molecular weight is 238 g/mol. The normalized spacial score (nSPS) is 13.3. The third kappa shape index (κ3) is 1.50. The Bertz CT molecular complexity index is 662. The predicted octanol–water partition coefficient (Wildman–Crippen LogP) is 3.20. The molecule has 18 heavy (non-hydrogen) atoms. The van der Waals surface area contributed by atoms with Crippen molar-refractivity contribution in [1.29, 1.82) is 5.26 Å². The lowest BCUT2D eigenvalue weighted by Crippen LogP contribution is -1.89. The number of nitrogen functional groups attached to an aromatic ring is 1. The van der Waals surface area contributed by atoms with Gasteiger partial charge >= 0.3 is 0 Å². The van der Waals surface area contributed by atoms with Gasteiger partial charge in [0.1, 0.15) is 17.4 Å². The maximum atomic E-state index is 9.18. The number of nitrogens with two attached hydrogens (primary N) is 1. The Morgan fingerprint density at radius 1 is 1.28 bits per heavy atom. The van der Waals surface area contributed by atoms with Crippen molar-refractivity contribution in [1.82, 2.24) is 0 Å². The van der Waals surface area contributed by atoms with E-state index in [1.54, 1.807) is 0 Å². The maximum absolute atomic E-state index is 9.18. The summed E-state index contributed by atoms with van der Waals surface area (Å²) < 4.78 is 5.37. The molecule has 1 heterocycles. The van der Waals surface area contributed by atoms with Crippen molar-refractivity contribution >= 4 is 5.88 Å². The first kappa shape index (κ1) is 10.9. The minimum atomic E-state index is 0.213. The summed E-state index contributed by atoms with van der Waals surface area (Å²) in [5.74, 6) is 0.924. The number of hydrogen-bond acceptors (Lipinski definition) is 3. The quantitative estimate of drug-likeness (QED) is 0.829. The van der Waals surface area contributed by atoms with E-state index in [1.807, 2.05) is 6.92 Å². The molecule has 2 aromatic rings. The fraction of sp³-hybridized carbons (Fsp3) is 0.267. The molecule has 0 fully saturated rings. The third-order valence-corrected chi connectivity index (χ3v) is 3.61. The van der Waals surface area contributed by atoms with Gasteiger partial charge in [-0.15, -0.1) is 0 Å². The Hall–Kier alpha value is -2.21. The standard InChI is InChI=1S/C15H14N2O/c1-9-14(13(8-16)15(17)18-9)12-6-5-10-3-2-4-11(10)7-12/h5-7H,2-4,17H2,1H3. The molecule has 0 unspecified atom stereocenters. The van der Waals surface area contributed by atoms with Gasteiger partial charge in [-0.25, -0.2) is 0 Å². The molecule has 0 aliphatic heterocycles. The minimum absolute atomic E-state index is 0.213. The summed E-state index contributed by atoms with van der Waals surface area (Å²) in [6, 6.07) is 8.51. The third-order valence-electron chi connectivity index (χ3n) is 3.61. The van der Waals surface area contributed by atoms with Crippen molar-refractivity contribution in [3.63, 3.8) is 0 Å². The number of nitriles is 1. The van der Waals surface area contributed by atoms with E-state index in [0.29, 0.717) is 11.3 Å². The molecule has 1 aliphatic rings. The molecule has 0 amide bonds. The van der Waals surface area contributed by atoms with Gasteiger partial charge < -0.3 is 10.2 Å². The van der Waals surface area contributed by atoms with Crippen molar-refractivity contribution in [2.75, 3.05) is 5.73 Å². The fourth-order valence-electron chi connectivity index (χ4n) is 2.75. The minimum Gasteiger partial charge on any atom is -0.444 e. The number of benzene rings is 1. The molecule has 2 N–H and O–H groups in total. The summed E-state index contributed by atoms with van der Waals surface area (Å²) in [5, 5.41) is 9.18. The summed E-state index contributed by atoms with van der Waals surface area (Å²) in [5.41, 5.74) is 10.8. The Balaban J connectivity index is 2.19. The lowest BCUT2D eigenvalue weighted by Gasteiger charge is -2.04. The number of aryl methyl sites for hydroxylation is 3. The molecule has 0 atom stereocenters. The van der Waals surface area contributed by atoms with E-state index in [0.717, 1.165) is 24.0 Å². The highest BCUT2D eigenvalue weighted by molar-refractivity contribution is 5.78. The van der Waals surface area contributed by atoms with Crippen LogP contribution in [0.2, 0.25) is 0 Å². The van der Waals surface area contributed by atoms with E-state index in [9.17, 15) is 5.26 Å². The van der Waals surface area contributed by atoms with E-state index >= 15 is 0 Å². The van der Waals surface area contributed by atoms with Gasteiger partial charge in [-0.05, 0) is 42.9 Å². The number of furan rings is 1. The Kier molecular flexibility index (Phi) is 2.38. The highest BCUT2D eigenvalue weighted by Gasteiger charge is 2.19. The second-order valence-corrected chi connectivity index (χ2v) is 4.72. The van der Waals surface area contributed by atoms with E-state index in [4.69, 9.17) is 10.2 Å². The van der Waals surface area contributed by atoms with Gasteiger partial charge in [-0.3, -0.25) is 0 Å². The first-order valence-corrected chi connectivity index (χ1v) is 6.12. The van der Waals surface area contributed by atoms with Crippen LogP contribution in [0.5, 0.6) is 0 Å². The van der Waals surface area contributed by atoms with Crippen molar-refractivity contribution in [3.05, 3.63) is 40.6 Å². The van der Waals surface area contributed by atoms with Crippen LogP contribution in [0.25, 0.3) is 11.1 Å². The smallest absolute Gasteiger partial charge is 0.209 e. The first-order valence-electron chi connectivity index (χ1n) is 6.12. The Labute approximate surface area is 106 Å². The van der Waals surface area contributed by atoms with E-state index in [-0.39, 0.29) is 5.88 Å². The molecule has 1 aliphatic carbocycles. The van der Waals surface area contributed by atoms with Gasteiger partial charge in [0.05, 0.1) is 0 Å². The Morgan fingerprint density at radius 2 is 2.06 bits per heavy atom. The molecular weight excluding hydrogens is 224 g/mol. The van der Waals surface area contributed by atoms with Crippen LogP contribution >= 0.6 is 0 Å². The summed E-state index contributed by atoms with van der Waals surface area (Å²) in [6.45, 7) is 1.85. The Morgan fingerprint density at radius 3 is 2.83 bits per heavy atom. The van der Waals surface area contributed by atoms with Crippen LogP contribution in [0.3, 0.4) is 0 Å². The molecule has 1 aromatic carbocycles. The van der Waals surface area contributed by atoms with Crippen molar-refractivity contribution in [3.8, 4) is 17.2 Å². The van der Waals surface area contributed by atoms with Crippen LogP contribution in [-0.2, 0) is 12.8 Å². The van der Waals surface area contributed by atoms with Gasteiger partial charge in [-0.2, -0.15) is 5.26 Å². The lowest BCUT2D eigenvalue weighted by atomic mass is 9.98. The molecule has 0 saturated heterocycles. The molecule has 90 valence electrons. The van der Waals surface area contributed by atoms with E-state index in [2.05, 4.69) is 24.3 Å². The molecule has 0 bridgehead atoms. The monoisotopic (exact) mass is 238 g/mol. The van der Waals surface area contributed by atoms with Crippen LogP contribution in [0, 0.1) is 18.3 Å². The molecular formula is C15H14N2O. The summed E-state index contributed by atoms with van der Waals surface area (Å²) >= 11 is 0. The van der Waals surface area contributed by atoms with Crippen LogP contribution in [0.1, 0.15) is 28.9 Å². The molecule has 0 saturated carbocycles. The van der Waals surface area contributed by atoms with Gasteiger partial charge in [-0.1, -0.05) is 18.2 Å². The van der Waals surface area contributed by atoms with E-state index in [1.165, 1.54) is 17.5 Å². The zero-order valence-electron chi connectivity index (χ0n) is 10.3. The van der Waals surface area contributed by atoms with Gasteiger partial charge in [0.15, 0.2) is 0 Å². The largest absolute Gasteiger partial charge is 0.444 e. The van der Waals surface area contributed by atoms with Crippen molar-refractivity contribution in [2.45, 2.75) is 26.2 Å². The molecule has 0 radical (unpaired) electrons. The van der Waals surface area contributed by atoms with Crippen molar-refractivity contribution < 1.29 is 4.42 Å². The summed E-state index contributed by atoms with van der Waals surface area (Å²) in [6.07, 6.45) is 3.50. The van der Waals surface area contributed by atoms with Crippen LogP contribution in [0.4, 0.5) is 5.88 Å². The number of nitrogens with zero attached hydrogens (tertiary/aromatic N) is 1. The lowest BCUT2D eigenvalue weighted by molar-refractivity contribution is 0.554. The number of hydrogen-bond donors (Lipinski definition) is 1. The van der Waals surface area contributed by atoms with Gasteiger partial charge in [0.25, 0.3) is 0 Å². The second kappa shape index (κ2) is 3.92. The highest BCUT2D eigenvalue weighted by atomic mass is 16.4. The number of rotatable bonds is 1. The summed E-state index contributed by atoms with van der Waals surface area (Å²) in [7, 11) is 0. The molecule has 3 rings (SSSR count). The van der Waals surface area contributed by atoms with E-state index < -0.39 is 0 Å². The SMILES string of the molecule is Cc1oc(N)c(C#N)c1-c1ccc2c(c1)CCC2. The van der Waals surface area contributed by atoms with Crippen LogP contribution in [-0.4, -0.2) is 0 Å². The number of fused-ring (bicyclic) bond motifs is 1. The van der Waals surface area contributed by atoms with Crippen LogP contribution < -0.4 is 5.73 Å². The highest BCUT2D eigenvalue weighted by Crippen LogP contribution is 2.35. The predicted molar refractivity (Wildman–Crippen MR) is 70.0 cm³/mol. The number of anilines is 1. The topological polar surface area (TPSA) is 62.9 Å². The van der Waals surface area contributed by atoms with Crippen LogP contribution in [0.15, 0.2) is 22.6 Å². The second-order valence-electron chi connectivity index (χ2n) is 4.72. The zero-order valence-corrected chi connectivity index (χ0v) is 10.3. The molecule has 0 spiro atoms. The fourth-order valence-corrected chi connectivity index (χ4v) is 2.75. The molecule has 1 aromatic heterocycles. The average Bonchev–Trinajstić information content (AvgIpc) is 2.91. The zero-order chi connectivity index (χ0) is 12.7. The summed E-state index contributed by atoms with van der Waals surface area (Å²) in [4.78, 5) is 0.